The molecule has 1 fully saturated rings. The van der Waals surface area contributed by atoms with Crippen LogP contribution in [0.3, 0.4) is 0 Å². The Morgan fingerprint density at radius 1 is 1.43 bits per heavy atom. The third kappa shape index (κ3) is 3.76. The first-order valence-corrected chi connectivity index (χ1v) is 7.65. The largest absolute Gasteiger partial charge is 0.496 e. The summed E-state index contributed by atoms with van der Waals surface area (Å²) in [6.07, 6.45) is 0. The van der Waals surface area contributed by atoms with Gasteiger partial charge in [-0.15, -0.1) is 0 Å². The summed E-state index contributed by atoms with van der Waals surface area (Å²) in [6, 6.07) is 6.80. The molecule has 1 unspecified atom stereocenters. The summed E-state index contributed by atoms with van der Waals surface area (Å²) in [5.41, 5.74) is 2.60. The average Bonchev–Trinajstić information content (AvgIpc) is 2.48. The molecule has 0 bridgehead atoms. The zero-order valence-corrected chi connectivity index (χ0v) is 13.9. The Bertz CT molecular complexity index is 474. The fraction of sp³-hybridized carbons (Fsp3) is 0.647. The van der Waals surface area contributed by atoms with Gasteiger partial charge in [-0.05, 0) is 45.5 Å². The molecule has 1 N–H and O–H groups in total. The molecule has 4 nitrogen and oxygen atoms in total. The monoisotopic (exact) mass is 292 g/mol. The molecule has 1 aliphatic heterocycles. The zero-order valence-electron chi connectivity index (χ0n) is 13.9. The van der Waals surface area contributed by atoms with Gasteiger partial charge in [0.15, 0.2) is 0 Å². The number of nitrogens with zero attached hydrogens (tertiary/aromatic N) is 1. The number of methoxy groups -OCH3 is 1. The minimum Gasteiger partial charge on any atom is -0.496 e. The number of benzene rings is 1. The molecule has 1 heterocycles. The van der Waals surface area contributed by atoms with Crippen LogP contribution >= 0.6 is 0 Å². The quantitative estimate of drug-likeness (QED) is 0.904. The van der Waals surface area contributed by atoms with Crippen molar-refractivity contribution in [1.29, 1.82) is 0 Å². The maximum absolute atomic E-state index is 5.61. The topological polar surface area (TPSA) is 33.7 Å². The number of hydrogen-bond donors (Lipinski definition) is 1. The maximum atomic E-state index is 5.61. The summed E-state index contributed by atoms with van der Waals surface area (Å²) < 4.78 is 11.2. The first-order valence-electron chi connectivity index (χ1n) is 7.65. The molecule has 2 rings (SSSR count). The third-order valence-electron chi connectivity index (χ3n) is 4.42. The molecule has 0 saturated carbocycles. The molecule has 0 spiro atoms. The van der Waals surface area contributed by atoms with Crippen LogP contribution in [0.2, 0.25) is 0 Å². The maximum Gasteiger partial charge on any atom is 0.123 e. The van der Waals surface area contributed by atoms with E-state index in [1.807, 2.05) is 7.05 Å². The molecule has 1 atom stereocenters. The molecule has 0 aliphatic carbocycles. The summed E-state index contributed by atoms with van der Waals surface area (Å²) in [4.78, 5) is 2.47. The fourth-order valence-corrected chi connectivity index (χ4v) is 2.75. The van der Waals surface area contributed by atoms with Crippen molar-refractivity contribution >= 4 is 0 Å². The van der Waals surface area contributed by atoms with Gasteiger partial charge >= 0.3 is 0 Å². The molecule has 118 valence electrons. The second-order valence-electron chi connectivity index (χ2n) is 6.37. The highest BCUT2D eigenvalue weighted by Gasteiger charge is 2.31. The van der Waals surface area contributed by atoms with Crippen LogP contribution in [0.15, 0.2) is 18.2 Å². The predicted octanol–water partition coefficient (Wildman–Crippen LogP) is 2.59. The summed E-state index contributed by atoms with van der Waals surface area (Å²) in [6.45, 7) is 10.1. The van der Waals surface area contributed by atoms with Crippen LogP contribution in [-0.4, -0.2) is 44.4 Å². The Kier molecular flexibility index (Phi) is 5.25. The SMILES string of the molecule is CNC(C)c1ccc(OC)c(CN2CCOCC2(C)C)c1. The normalized spacial score (nSPS) is 20.2. The van der Waals surface area contributed by atoms with Crippen molar-refractivity contribution in [2.45, 2.75) is 38.9 Å². The number of rotatable bonds is 5. The zero-order chi connectivity index (χ0) is 15.5. The average molecular weight is 292 g/mol. The van der Waals surface area contributed by atoms with Crippen LogP contribution in [0, 0.1) is 0 Å². The molecule has 1 saturated heterocycles. The first-order chi connectivity index (χ1) is 9.97. The number of ether oxygens (including phenoxy) is 2. The second kappa shape index (κ2) is 6.77. The minimum atomic E-state index is 0.0634. The summed E-state index contributed by atoms with van der Waals surface area (Å²) >= 11 is 0. The summed E-state index contributed by atoms with van der Waals surface area (Å²) in [5.74, 6) is 0.962. The first kappa shape index (κ1) is 16.3. The number of hydrogen-bond acceptors (Lipinski definition) is 4. The Hall–Kier alpha value is -1.10. The molecule has 21 heavy (non-hydrogen) atoms. The van der Waals surface area contributed by atoms with E-state index in [2.05, 4.69) is 49.2 Å². The molecule has 1 aromatic rings. The van der Waals surface area contributed by atoms with Gasteiger partial charge in [-0.3, -0.25) is 4.90 Å². The van der Waals surface area contributed by atoms with Gasteiger partial charge in [-0.2, -0.15) is 0 Å². The molecular weight excluding hydrogens is 264 g/mol. The van der Waals surface area contributed by atoms with E-state index < -0.39 is 0 Å². The molecule has 1 aromatic carbocycles. The van der Waals surface area contributed by atoms with E-state index in [4.69, 9.17) is 9.47 Å². The smallest absolute Gasteiger partial charge is 0.123 e. The Morgan fingerprint density at radius 3 is 2.81 bits per heavy atom. The standard InChI is InChI=1S/C17H28N2O2/c1-13(18-4)14-6-7-16(20-5)15(10-14)11-19-8-9-21-12-17(19,2)3/h6-7,10,13,18H,8-9,11-12H2,1-5H3. The minimum absolute atomic E-state index is 0.0634. The highest BCUT2D eigenvalue weighted by Crippen LogP contribution is 2.28. The predicted molar refractivity (Wildman–Crippen MR) is 85.8 cm³/mol. The van der Waals surface area contributed by atoms with Crippen molar-refractivity contribution in [1.82, 2.24) is 10.2 Å². The van der Waals surface area contributed by atoms with E-state index in [0.717, 1.165) is 32.1 Å². The highest BCUT2D eigenvalue weighted by atomic mass is 16.5. The molecule has 0 radical (unpaired) electrons. The highest BCUT2D eigenvalue weighted by molar-refractivity contribution is 5.38. The van der Waals surface area contributed by atoms with Crippen LogP contribution in [-0.2, 0) is 11.3 Å². The van der Waals surface area contributed by atoms with Crippen molar-refractivity contribution in [3.63, 3.8) is 0 Å². The fourth-order valence-electron chi connectivity index (χ4n) is 2.75. The lowest BCUT2D eigenvalue weighted by Gasteiger charge is -2.42. The van der Waals surface area contributed by atoms with Gasteiger partial charge in [-0.1, -0.05) is 6.07 Å². The van der Waals surface area contributed by atoms with Crippen LogP contribution in [0.5, 0.6) is 5.75 Å². The van der Waals surface area contributed by atoms with E-state index >= 15 is 0 Å². The lowest BCUT2D eigenvalue weighted by molar-refractivity contribution is -0.0555. The lowest BCUT2D eigenvalue weighted by Crippen LogP contribution is -2.52. The van der Waals surface area contributed by atoms with E-state index in [-0.39, 0.29) is 5.54 Å². The second-order valence-corrected chi connectivity index (χ2v) is 6.37. The molecule has 1 aliphatic rings. The van der Waals surface area contributed by atoms with Gasteiger partial charge in [0.2, 0.25) is 0 Å². The van der Waals surface area contributed by atoms with Crippen LogP contribution in [0.4, 0.5) is 0 Å². The van der Waals surface area contributed by atoms with E-state index in [9.17, 15) is 0 Å². The number of morpholine rings is 1. The molecule has 0 aromatic heterocycles. The van der Waals surface area contributed by atoms with Crippen LogP contribution < -0.4 is 10.1 Å². The van der Waals surface area contributed by atoms with Crippen LogP contribution in [0.25, 0.3) is 0 Å². The third-order valence-corrected chi connectivity index (χ3v) is 4.42. The van der Waals surface area contributed by atoms with Gasteiger partial charge < -0.3 is 14.8 Å². The van der Waals surface area contributed by atoms with Crippen LogP contribution in [0.1, 0.15) is 37.9 Å². The summed E-state index contributed by atoms with van der Waals surface area (Å²) in [5, 5.41) is 3.29. The van der Waals surface area contributed by atoms with Crippen molar-refractivity contribution in [3.05, 3.63) is 29.3 Å². The Morgan fingerprint density at radius 2 is 2.19 bits per heavy atom. The lowest BCUT2D eigenvalue weighted by atomic mass is 9.99. The van der Waals surface area contributed by atoms with Gasteiger partial charge in [0.05, 0.1) is 20.3 Å². The van der Waals surface area contributed by atoms with Gasteiger partial charge in [0.25, 0.3) is 0 Å². The van der Waals surface area contributed by atoms with E-state index in [1.54, 1.807) is 7.11 Å². The number of nitrogens with one attached hydrogen (secondary N) is 1. The van der Waals surface area contributed by atoms with Gasteiger partial charge in [-0.25, -0.2) is 0 Å². The van der Waals surface area contributed by atoms with E-state index in [1.165, 1.54) is 11.1 Å². The molecule has 0 amide bonds. The van der Waals surface area contributed by atoms with E-state index in [0.29, 0.717) is 6.04 Å². The van der Waals surface area contributed by atoms with Gasteiger partial charge in [0, 0.05) is 30.2 Å². The molecule has 4 heteroatoms. The van der Waals surface area contributed by atoms with Crippen molar-refractivity contribution < 1.29 is 9.47 Å². The summed E-state index contributed by atoms with van der Waals surface area (Å²) in [7, 11) is 3.73. The Balaban J connectivity index is 2.24. The van der Waals surface area contributed by atoms with Crippen molar-refractivity contribution in [2.75, 3.05) is 33.9 Å². The van der Waals surface area contributed by atoms with Crippen molar-refractivity contribution in [3.8, 4) is 5.75 Å². The molecular formula is C17H28N2O2. The Labute approximate surface area is 128 Å². The van der Waals surface area contributed by atoms with Gasteiger partial charge in [0.1, 0.15) is 5.75 Å². The van der Waals surface area contributed by atoms with Crippen molar-refractivity contribution in [2.24, 2.45) is 0 Å².